The monoisotopic (exact) mass is 231 g/mol. The zero-order valence-electron chi connectivity index (χ0n) is 9.51. The number of aromatic nitrogens is 2. The van der Waals surface area contributed by atoms with E-state index in [1.807, 2.05) is 12.1 Å². The molecule has 1 aromatic carbocycles. The van der Waals surface area contributed by atoms with Crippen LogP contribution in [0.2, 0.25) is 0 Å². The molecule has 2 aromatic rings. The number of benzene rings is 1. The minimum atomic E-state index is -0.323. The predicted octanol–water partition coefficient (Wildman–Crippen LogP) is 1.06. The van der Waals surface area contributed by atoms with E-state index in [1.165, 1.54) is 6.33 Å². The molecule has 5 heteroatoms. The van der Waals surface area contributed by atoms with Crippen molar-refractivity contribution in [2.75, 3.05) is 7.11 Å². The standard InChI is InChI=1S/C12H13N3O2/c1-17-11-5-10-9(6-14-7-15-10)4-8(11)2-3-12(13)16/h4-7H,2-3H2,1H3,(H2,13,16). The Morgan fingerprint density at radius 1 is 1.47 bits per heavy atom. The SMILES string of the molecule is COc1cc2ncncc2cc1CCC(N)=O. The molecule has 1 aromatic heterocycles. The molecule has 0 radical (unpaired) electrons. The Kier molecular flexibility index (Phi) is 3.18. The minimum absolute atomic E-state index is 0.301. The fraction of sp³-hybridized carbons (Fsp3) is 0.250. The van der Waals surface area contributed by atoms with Crippen molar-refractivity contribution < 1.29 is 9.53 Å². The molecule has 0 spiro atoms. The largest absolute Gasteiger partial charge is 0.496 e. The average Bonchev–Trinajstić information content (AvgIpc) is 2.35. The number of aryl methyl sites for hydroxylation is 1. The topological polar surface area (TPSA) is 78.1 Å². The van der Waals surface area contributed by atoms with E-state index in [4.69, 9.17) is 10.5 Å². The van der Waals surface area contributed by atoms with Gasteiger partial charge in [0.1, 0.15) is 12.1 Å². The molecular weight excluding hydrogens is 218 g/mol. The summed E-state index contributed by atoms with van der Waals surface area (Å²) in [4.78, 5) is 18.9. The molecule has 1 heterocycles. The Morgan fingerprint density at radius 3 is 3.00 bits per heavy atom. The number of nitrogens with two attached hydrogens (primary N) is 1. The third-order valence-corrected chi connectivity index (χ3v) is 2.55. The van der Waals surface area contributed by atoms with E-state index < -0.39 is 0 Å². The van der Waals surface area contributed by atoms with Crippen LogP contribution in [0.5, 0.6) is 5.75 Å². The number of primary amides is 1. The Morgan fingerprint density at radius 2 is 2.29 bits per heavy atom. The summed E-state index contributed by atoms with van der Waals surface area (Å²) in [6.07, 6.45) is 4.08. The number of rotatable bonds is 4. The molecule has 0 atom stereocenters. The summed E-state index contributed by atoms with van der Waals surface area (Å²) in [6.45, 7) is 0. The number of carbonyl (C=O) groups excluding carboxylic acids is 1. The van der Waals surface area contributed by atoms with Crippen LogP contribution in [0.25, 0.3) is 10.9 Å². The van der Waals surface area contributed by atoms with Crippen LogP contribution in [0.4, 0.5) is 0 Å². The second-order valence-electron chi connectivity index (χ2n) is 3.71. The first kappa shape index (κ1) is 11.3. The van der Waals surface area contributed by atoms with Gasteiger partial charge in [-0.2, -0.15) is 0 Å². The van der Waals surface area contributed by atoms with Gasteiger partial charge in [-0.3, -0.25) is 4.79 Å². The zero-order valence-corrected chi connectivity index (χ0v) is 9.51. The molecule has 0 saturated carbocycles. The molecule has 0 unspecified atom stereocenters. The lowest BCUT2D eigenvalue weighted by molar-refractivity contribution is -0.117. The fourth-order valence-electron chi connectivity index (χ4n) is 1.70. The van der Waals surface area contributed by atoms with E-state index in [0.717, 1.165) is 22.2 Å². The summed E-state index contributed by atoms with van der Waals surface area (Å²) in [5, 5.41) is 0.924. The van der Waals surface area contributed by atoms with Crippen LogP contribution in [-0.2, 0) is 11.2 Å². The van der Waals surface area contributed by atoms with Crippen LogP contribution in [0.15, 0.2) is 24.7 Å². The van der Waals surface area contributed by atoms with E-state index in [-0.39, 0.29) is 5.91 Å². The van der Waals surface area contributed by atoms with Crippen molar-refractivity contribution in [2.45, 2.75) is 12.8 Å². The van der Waals surface area contributed by atoms with Gasteiger partial charge in [0.2, 0.25) is 5.91 Å². The molecule has 1 amide bonds. The second-order valence-corrected chi connectivity index (χ2v) is 3.71. The molecule has 0 fully saturated rings. The van der Waals surface area contributed by atoms with Gasteiger partial charge in [-0.25, -0.2) is 9.97 Å². The van der Waals surface area contributed by atoms with Crippen molar-refractivity contribution in [3.8, 4) is 5.75 Å². The number of fused-ring (bicyclic) bond motifs is 1. The average molecular weight is 231 g/mol. The predicted molar refractivity (Wildman–Crippen MR) is 63.6 cm³/mol. The first-order chi connectivity index (χ1) is 8.20. The molecular formula is C12H13N3O2. The van der Waals surface area contributed by atoms with Crippen LogP contribution in [0.1, 0.15) is 12.0 Å². The molecule has 2 N–H and O–H groups in total. The number of methoxy groups -OCH3 is 1. The molecule has 5 nitrogen and oxygen atoms in total. The Balaban J connectivity index is 2.41. The van der Waals surface area contributed by atoms with Crippen LogP contribution in [0.3, 0.4) is 0 Å². The highest BCUT2D eigenvalue weighted by Gasteiger charge is 2.07. The highest BCUT2D eigenvalue weighted by atomic mass is 16.5. The van der Waals surface area contributed by atoms with Crippen LogP contribution < -0.4 is 10.5 Å². The maximum Gasteiger partial charge on any atom is 0.217 e. The number of ether oxygens (including phenoxy) is 1. The van der Waals surface area contributed by atoms with Gasteiger partial charge in [0.05, 0.1) is 12.6 Å². The van der Waals surface area contributed by atoms with E-state index in [2.05, 4.69) is 9.97 Å². The normalized spacial score (nSPS) is 10.4. The summed E-state index contributed by atoms with van der Waals surface area (Å²) >= 11 is 0. The lowest BCUT2D eigenvalue weighted by atomic mass is 10.1. The third-order valence-electron chi connectivity index (χ3n) is 2.55. The maximum absolute atomic E-state index is 10.8. The van der Waals surface area contributed by atoms with E-state index in [0.29, 0.717) is 12.8 Å². The van der Waals surface area contributed by atoms with Gasteiger partial charge >= 0.3 is 0 Å². The van der Waals surface area contributed by atoms with Gasteiger partial charge in [-0.15, -0.1) is 0 Å². The van der Waals surface area contributed by atoms with Crippen LogP contribution >= 0.6 is 0 Å². The number of amides is 1. The number of hydrogen-bond acceptors (Lipinski definition) is 4. The van der Waals surface area contributed by atoms with Gasteiger partial charge in [-0.05, 0) is 18.1 Å². The second kappa shape index (κ2) is 4.78. The lowest BCUT2D eigenvalue weighted by Crippen LogP contribution is -2.11. The van der Waals surface area contributed by atoms with Gasteiger partial charge in [0.25, 0.3) is 0 Å². The quantitative estimate of drug-likeness (QED) is 0.853. The van der Waals surface area contributed by atoms with Gasteiger partial charge in [0, 0.05) is 24.1 Å². The number of carbonyl (C=O) groups is 1. The molecule has 2 rings (SSSR count). The number of hydrogen-bond donors (Lipinski definition) is 1. The van der Waals surface area contributed by atoms with Gasteiger partial charge in [-0.1, -0.05) is 0 Å². The van der Waals surface area contributed by atoms with Crippen molar-refractivity contribution in [3.63, 3.8) is 0 Å². The first-order valence-corrected chi connectivity index (χ1v) is 5.25. The molecule has 0 saturated heterocycles. The van der Waals surface area contributed by atoms with Crippen molar-refractivity contribution in [1.82, 2.24) is 9.97 Å². The van der Waals surface area contributed by atoms with Gasteiger partial charge < -0.3 is 10.5 Å². The third kappa shape index (κ3) is 2.50. The minimum Gasteiger partial charge on any atom is -0.496 e. The summed E-state index contributed by atoms with van der Waals surface area (Å²) < 4.78 is 5.27. The Bertz CT molecular complexity index is 554. The van der Waals surface area contributed by atoms with Crippen LogP contribution in [-0.4, -0.2) is 23.0 Å². The van der Waals surface area contributed by atoms with E-state index >= 15 is 0 Å². The summed E-state index contributed by atoms with van der Waals surface area (Å²) in [5.74, 6) is 0.397. The summed E-state index contributed by atoms with van der Waals surface area (Å²) in [6, 6.07) is 3.77. The van der Waals surface area contributed by atoms with Crippen molar-refractivity contribution >= 4 is 16.8 Å². The summed E-state index contributed by atoms with van der Waals surface area (Å²) in [7, 11) is 1.59. The molecule has 0 bridgehead atoms. The zero-order chi connectivity index (χ0) is 12.3. The Labute approximate surface area is 98.6 Å². The molecule has 0 aliphatic heterocycles. The molecule has 17 heavy (non-hydrogen) atoms. The van der Waals surface area contributed by atoms with Crippen molar-refractivity contribution in [3.05, 3.63) is 30.2 Å². The highest BCUT2D eigenvalue weighted by Crippen LogP contribution is 2.25. The smallest absolute Gasteiger partial charge is 0.217 e. The van der Waals surface area contributed by atoms with Crippen molar-refractivity contribution in [2.24, 2.45) is 5.73 Å². The lowest BCUT2D eigenvalue weighted by Gasteiger charge is -2.08. The van der Waals surface area contributed by atoms with Gasteiger partial charge in [0.15, 0.2) is 0 Å². The first-order valence-electron chi connectivity index (χ1n) is 5.25. The molecule has 0 aliphatic carbocycles. The van der Waals surface area contributed by atoms with E-state index in [9.17, 15) is 4.79 Å². The Hall–Kier alpha value is -2.17. The molecule has 88 valence electrons. The summed E-state index contributed by atoms with van der Waals surface area (Å²) in [5.41, 5.74) is 6.90. The van der Waals surface area contributed by atoms with E-state index in [1.54, 1.807) is 13.3 Å². The fourth-order valence-corrected chi connectivity index (χ4v) is 1.70. The van der Waals surface area contributed by atoms with Crippen LogP contribution in [0, 0.1) is 0 Å². The van der Waals surface area contributed by atoms with Crippen molar-refractivity contribution in [1.29, 1.82) is 0 Å². The maximum atomic E-state index is 10.8. The molecule has 0 aliphatic rings. The number of nitrogens with zero attached hydrogens (tertiary/aromatic N) is 2. The highest BCUT2D eigenvalue weighted by molar-refractivity contribution is 5.81.